The van der Waals surface area contributed by atoms with E-state index in [1.54, 1.807) is 18.3 Å². The Morgan fingerprint density at radius 3 is 2.44 bits per heavy atom. The number of aromatic nitrogens is 1. The van der Waals surface area contributed by atoms with Crippen molar-refractivity contribution in [1.29, 1.82) is 0 Å². The Morgan fingerprint density at radius 1 is 1.03 bits per heavy atom. The molecule has 0 radical (unpaired) electrons. The van der Waals surface area contributed by atoms with Gasteiger partial charge in [-0.1, -0.05) is 60.1 Å². The lowest BCUT2D eigenvalue weighted by Gasteiger charge is -2.38. The summed E-state index contributed by atoms with van der Waals surface area (Å²) in [7, 11) is 0. The van der Waals surface area contributed by atoms with Crippen molar-refractivity contribution in [2.24, 2.45) is 5.73 Å². The van der Waals surface area contributed by atoms with Gasteiger partial charge in [0, 0.05) is 22.7 Å². The molecule has 3 nitrogen and oxygen atoms in total. The summed E-state index contributed by atoms with van der Waals surface area (Å²) in [5, 5.41) is 4.81. The van der Waals surface area contributed by atoms with E-state index in [0.717, 1.165) is 40.6 Å². The molecule has 1 aliphatic rings. The molecule has 1 atom stereocenters. The molecule has 32 heavy (non-hydrogen) atoms. The highest BCUT2D eigenvalue weighted by atomic mass is 35.5. The highest BCUT2D eigenvalue weighted by Gasteiger charge is 2.34. The van der Waals surface area contributed by atoms with E-state index in [1.807, 2.05) is 19.1 Å². The van der Waals surface area contributed by atoms with E-state index in [2.05, 4.69) is 46.7 Å². The first kappa shape index (κ1) is 20.9. The minimum atomic E-state index is -0.259. The second-order valence-electron chi connectivity index (χ2n) is 8.69. The molecular weight excluding hydrogens is 421 g/mol. The highest BCUT2D eigenvalue weighted by Crippen LogP contribution is 2.40. The summed E-state index contributed by atoms with van der Waals surface area (Å²) in [6.45, 7) is 1.92. The van der Waals surface area contributed by atoms with Gasteiger partial charge in [-0.25, -0.2) is 4.39 Å². The Labute approximate surface area is 192 Å². The Hall–Kier alpha value is -2.95. The van der Waals surface area contributed by atoms with E-state index in [0.29, 0.717) is 10.6 Å². The number of benzene rings is 3. The van der Waals surface area contributed by atoms with Gasteiger partial charge in [-0.2, -0.15) is 0 Å². The molecule has 4 aromatic rings. The minimum absolute atomic E-state index is 0.167. The number of pyridine rings is 1. The lowest BCUT2D eigenvalue weighted by Crippen LogP contribution is -2.43. The molecule has 0 spiro atoms. The summed E-state index contributed by atoms with van der Waals surface area (Å²) >= 11 is 6.53. The maximum absolute atomic E-state index is 14.3. The predicted molar refractivity (Wildman–Crippen MR) is 130 cm³/mol. The summed E-state index contributed by atoms with van der Waals surface area (Å²) in [5.74, 6) is -0.244. The summed E-state index contributed by atoms with van der Waals surface area (Å²) in [6.07, 6.45) is 4.91. The first-order valence-corrected chi connectivity index (χ1v) is 11.3. The minimum Gasteiger partial charge on any atom is -0.377 e. The fourth-order valence-electron chi connectivity index (χ4n) is 4.46. The molecule has 5 rings (SSSR count). The Balaban J connectivity index is 1.51. The van der Waals surface area contributed by atoms with E-state index in [9.17, 15) is 4.39 Å². The van der Waals surface area contributed by atoms with Crippen LogP contribution in [0, 0.1) is 5.82 Å². The fraction of sp³-hybridized carbons (Fsp3) is 0.222. The normalized spacial score (nSPS) is 15.9. The van der Waals surface area contributed by atoms with Crippen molar-refractivity contribution in [3.8, 4) is 11.1 Å². The third-order valence-corrected chi connectivity index (χ3v) is 6.88. The second-order valence-corrected chi connectivity index (χ2v) is 9.09. The molecule has 0 aliphatic heterocycles. The van der Waals surface area contributed by atoms with Crippen LogP contribution < -0.4 is 11.1 Å². The number of hydrogen-bond acceptors (Lipinski definition) is 3. The van der Waals surface area contributed by atoms with Crippen LogP contribution in [0.2, 0.25) is 5.02 Å². The van der Waals surface area contributed by atoms with Gasteiger partial charge in [0.05, 0.1) is 22.3 Å². The number of nitrogens with two attached hydrogens (primary N) is 1. The average molecular weight is 446 g/mol. The molecule has 1 fully saturated rings. The monoisotopic (exact) mass is 445 g/mol. The number of hydrogen-bond donors (Lipinski definition) is 2. The molecular formula is C27H25ClFN3. The Bertz CT molecular complexity index is 1280. The van der Waals surface area contributed by atoms with Gasteiger partial charge in [-0.05, 0) is 61.1 Å². The number of nitrogens with zero attached hydrogens (tertiary/aromatic N) is 1. The number of rotatable bonds is 5. The van der Waals surface area contributed by atoms with E-state index >= 15 is 0 Å². The van der Waals surface area contributed by atoms with Crippen LogP contribution in [0.25, 0.3) is 22.0 Å². The molecule has 0 saturated heterocycles. The van der Waals surface area contributed by atoms with Gasteiger partial charge in [-0.15, -0.1) is 0 Å². The zero-order chi connectivity index (χ0) is 22.3. The number of halogens is 2. The smallest absolute Gasteiger partial charge is 0.128 e. The van der Waals surface area contributed by atoms with Crippen molar-refractivity contribution >= 4 is 28.2 Å². The van der Waals surface area contributed by atoms with Gasteiger partial charge in [0.15, 0.2) is 0 Å². The van der Waals surface area contributed by atoms with E-state index < -0.39 is 0 Å². The third-order valence-electron chi connectivity index (χ3n) is 6.59. The molecule has 0 amide bonds. The van der Waals surface area contributed by atoms with Crippen molar-refractivity contribution in [3.05, 3.63) is 94.9 Å². The van der Waals surface area contributed by atoms with E-state index in [4.69, 9.17) is 17.3 Å². The van der Waals surface area contributed by atoms with Crippen LogP contribution in [0.15, 0.2) is 72.9 Å². The Kier molecular flexibility index (Phi) is 5.36. The van der Waals surface area contributed by atoms with Crippen LogP contribution in [0.5, 0.6) is 0 Å². The Morgan fingerprint density at radius 2 is 1.75 bits per heavy atom. The van der Waals surface area contributed by atoms with Gasteiger partial charge in [-0.3, -0.25) is 4.98 Å². The molecule has 1 aliphatic carbocycles. The van der Waals surface area contributed by atoms with Gasteiger partial charge in [0.2, 0.25) is 0 Å². The van der Waals surface area contributed by atoms with E-state index in [-0.39, 0.29) is 17.4 Å². The lowest BCUT2D eigenvalue weighted by molar-refractivity contribution is 0.253. The van der Waals surface area contributed by atoms with Crippen LogP contribution in [-0.2, 0) is 5.54 Å². The summed E-state index contributed by atoms with van der Waals surface area (Å²) in [6, 6.07) is 21.2. The van der Waals surface area contributed by atoms with Crippen molar-refractivity contribution in [3.63, 3.8) is 0 Å². The first-order valence-electron chi connectivity index (χ1n) is 10.9. The molecule has 5 heteroatoms. The fourth-order valence-corrected chi connectivity index (χ4v) is 4.66. The third kappa shape index (κ3) is 3.74. The maximum Gasteiger partial charge on any atom is 0.128 e. The number of fused-ring (bicyclic) bond motifs is 1. The molecule has 1 unspecified atom stereocenters. The van der Waals surface area contributed by atoms with Crippen LogP contribution in [-0.4, -0.2) is 4.98 Å². The molecule has 1 heterocycles. The van der Waals surface area contributed by atoms with Gasteiger partial charge in [0.1, 0.15) is 5.82 Å². The zero-order valence-electron chi connectivity index (χ0n) is 17.9. The van der Waals surface area contributed by atoms with Gasteiger partial charge in [0.25, 0.3) is 0 Å². The zero-order valence-corrected chi connectivity index (χ0v) is 18.7. The summed E-state index contributed by atoms with van der Waals surface area (Å²) < 4.78 is 14.3. The van der Waals surface area contributed by atoms with Crippen molar-refractivity contribution in [2.45, 2.75) is 37.8 Å². The molecule has 1 aromatic heterocycles. The highest BCUT2D eigenvalue weighted by molar-refractivity contribution is 6.34. The van der Waals surface area contributed by atoms with Crippen LogP contribution in [0.3, 0.4) is 0 Å². The van der Waals surface area contributed by atoms with Crippen LogP contribution in [0.4, 0.5) is 10.1 Å². The standard InChI is InChI=1S/C27H25ClFN3/c1-17(21-5-2-3-6-24(21)29)32-26-22-15-19(9-12-25(22)31-16-23(26)28)18-7-10-20(11-8-18)27(30)13-4-14-27/h2-3,5-12,15-17H,4,13-14,30H2,1H3,(H,31,32). The van der Waals surface area contributed by atoms with Crippen molar-refractivity contribution in [1.82, 2.24) is 4.98 Å². The lowest BCUT2D eigenvalue weighted by atomic mass is 9.72. The molecule has 3 N–H and O–H groups in total. The quantitative estimate of drug-likeness (QED) is 0.341. The van der Waals surface area contributed by atoms with Gasteiger partial charge >= 0.3 is 0 Å². The van der Waals surface area contributed by atoms with Crippen molar-refractivity contribution in [2.75, 3.05) is 5.32 Å². The summed E-state index contributed by atoms with van der Waals surface area (Å²) in [4.78, 5) is 4.48. The average Bonchev–Trinajstić information content (AvgIpc) is 2.79. The van der Waals surface area contributed by atoms with Gasteiger partial charge < -0.3 is 11.1 Å². The second kappa shape index (κ2) is 8.19. The number of anilines is 1. The molecule has 0 bridgehead atoms. The maximum atomic E-state index is 14.3. The molecule has 162 valence electrons. The number of nitrogens with one attached hydrogen (secondary N) is 1. The van der Waals surface area contributed by atoms with Crippen molar-refractivity contribution < 1.29 is 4.39 Å². The summed E-state index contributed by atoms with van der Waals surface area (Å²) in [5.41, 5.74) is 11.8. The van der Waals surface area contributed by atoms with Crippen LogP contribution >= 0.6 is 11.6 Å². The molecule has 1 saturated carbocycles. The van der Waals surface area contributed by atoms with E-state index in [1.165, 1.54) is 18.1 Å². The largest absolute Gasteiger partial charge is 0.377 e. The first-order chi connectivity index (χ1) is 15.4. The molecule has 3 aromatic carbocycles. The topological polar surface area (TPSA) is 50.9 Å². The predicted octanol–water partition coefficient (Wildman–Crippen LogP) is 7.21. The SMILES string of the molecule is CC(Nc1c(Cl)cnc2ccc(-c3ccc(C4(N)CCC4)cc3)cc12)c1ccccc1F. The van der Waals surface area contributed by atoms with Crippen LogP contribution in [0.1, 0.15) is 43.4 Å².